The minimum absolute atomic E-state index is 0.0503. The van der Waals surface area contributed by atoms with Gasteiger partial charge in [0.2, 0.25) is 0 Å². The number of carbonyl (C=O) groups is 1. The Balaban J connectivity index is 1.41. The topological polar surface area (TPSA) is 75.9 Å². The van der Waals surface area contributed by atoms with Crippen LogP contribution in [0.4, 0.5) is 14.5 Å². The molecule has 1 saturated heterocycles. The van der Waals surface area contributed by atoms with E-state index >= 15 is 4.39 Å². The van der Waals surface area contributed by atoms with Crippen LogP contribution in [0.15, 0.2) is 49.2 Å². The molecule has 1 aliphatic heterocycles. The van der Waals surface area contributed by atoms with Crippen molar-refractivity contribution in [2.45, 2.75) is 32.0 Å². The van der Waals surface area contributed by atoms with E-state index in [-0.39, 0.29) is 25.2 Å². The lowest BCUT2D eigenvalue weighted by molar-refractivity contribution is -0.134. The van der Waals surface area contributed by atoms with Crippen LogP contribution in [0, 0.1) is 12.7 Å². The quantitative estimate of drug-likeness (QED) is 0.698. The van der Waals surface area contributed by atoms with Gasteiger partial charge in [-0.3, -0.25) is 4.79 Å². The Morgan fingerprint density at radius 3 is 2.60 bits per heavy atom. The SMILES string of the molecule is Cc1cnn(-c2ncncc2N2CCC(F)(C(=O)NCc3ccc(F)cc3)CC2)c1. The molecule has 4 rings (SSSR count). The van der Waals surface area contributed by atoms with Gasteiger partial charge in [0.15, 0.2) is 11.5 Å². The number of hydrogen-bond acceptors (Lipinski definition) is 5. The van der Waals surface area contributed by atoms with Gasteiger partial charge in [0, 0.05) is 38.7 Å². The molecule has 0 atom stereocenters. The monoisotopic (exact) mass is 412 g/mol. The normalized spacial score (nSPS) is 15.8. The van der Waals surface area contributed by atoms with E-state index in [2.05, 4.69) is 20.4 Å². The molecule has 2 aromatic heterocycles. The largest absolute Gasteiger partial charge is 0.367 e. The molecule has 0 spiro atoms. The highest BCUT2D eigenvalue weighted by molar-refractivity contribution is 5.85. The molecule has 0 bridgehead atoms. The summed E-state index contributed by atoms with van der Waals surface area (Å²) in [5.41, 5.74) is 0.508. The number of rotatable bonds is 5. The first-order chi connectivity index (χ1) is 14.4. The first-order valence-corrected chi connectivity index (χ1v) is 9.73. The Kier molecular flexibility index (Phi) is 5.43. The fourth-order valence-corrected chi connectivity index (χ4v) is 3.52. The lowest BCUT2D eigenvalue weighted by Crippen LogP contribution is -2.51. The van der Waals surface area contributed by atoms with Crippen molar-refractivity contribution in [3.05, 3.63) is 66.1 Å². The van der Waals surface area contributed by atoms with Gasteiger partial charge in [-0.05, 0) is 30.2 Å². The van der Waals surface area contributed by atoms with E-state index < -0.39 is 11.6 Å². The Morgan fingerprint density at radius 2 is 1.93 bits per heavy atom. The zero-order valence-corrected chi connectivity index (χ0v) is 16.6. The molecule has 9 heteroatoms. The molecule has 1 fully saturated rings. The number of benzene rings is 1. The first-order valence-electron chi connectivity index (χ1n) is 9.73. The summed E-state index contributed by atoms with van der Waals surface area (Å²) in [5.74, 6) is -0.377. The zero-order chi connectivity index (χ0) is 21.1. The highest BCUT2D eigenvalue weighted by Crippen LogP contribution is 2.31. The molecule has 0 unspecified atom stereocenters. The predicted octanol–water partition coefficient (Wildman–Crippen LogP) is 2.73. The number of piperidine rings is 1. The average Bonchev–Trinajstić information content (AvgIpc) is 3.20. The Hall–Kier alpha value is -3.36. The van der Waals surface area contributed by atoms with E-state index in [0.29, 0.717) is 24.5 Å². The van der Waals surface area contributed by atoms with Crippen LogP contribution in [-0.4, -0.2) is 44.4 Å². The second-order valence-electron chi connectivity index (χ2n) is 7.46. The summed E-state index contributed by atoms with van der Waals surface area (Å²) in [6.07, 6.45) is 6.82. The maximum Gasteiger partial charge on any atom is 0.258 e. The molecule has 1 amide bonds. The third-order valence-corrected chi connectivity index (χ3v) is 5.27. The van der Waals surface area contributed by atoms with Crippen molar-refractivity contribution in [2.24, 2.45) is 0 Å². The first kappa shape index (κ1) is 19.9. The summed E-state index contributed by atoms with van der Waals surface area (Å²) in [4.78, 5) is 22.9. The van der Waals surface area contributed by atoms with Crippen LogP contribution in [0.1, 0.15) is 24.0 Å². The summed E-state index contributed by atoms with van der Waals surface area (Å²) in [6, 6.07) is 5.76. The number of aromatic nitrogens is 4. The molecule has 1 aromatic carbocycles. The number of nitrogens with zero attached hydrogens (tertiary/aromatic N) is 5. The second-order valence-corrected chi connectivity index (χ2v) is 7.46. The van der Waals surface area contributed by atoms with E-state index in [9.17, 15) is 9.18 Å². The molecule has 1 N–H and O–H groups in total. The van der Waals surface area contributed by atoms with Crippen LogP contribution in [0.5, 0.6) is 0 Å². The van der Waals surface area contributed by atoms with E-state index in [0.717, 1.165) is 11.3 Å². The molecule has 0 radical (unpaired) electrons. The minimum atomic E-state index is -1.95. The fourth-order valence-electron chi connectivity index (χ4n) is 3.52. The van der Waals surface area contributed by atoms with Gasteiger partial charge in [-0.25, -0.2) is 23.4 Å². The van der Waals surface area contributed by atoms with Crippen molar-refractivity contribution in [1.82, 2.24) is 25.1 Å². The third-order valence-electron chi connectivity index (χ3n) is 5.27. The van der Waals surface area contributed by atoms with Gasteiger partial charge in [0.05, 0.1) is 12.4 Å². The molecule has 1 aliphatic rings. The van der Waals surface area contributed by atoms with Crippen LogP contribution in [-0.2, 0) is 11.3 Å². The Bertz CT molecular complexity index is 1030. The maximum absolute atomic E-state index is 15.3. The Morgan fingerprint density at radius 1 is 1.20 bits per heavy atom. The summed E-state index contributed by atoms with van der Waals surface area (Å²) >= 11 is 0. The van der Waals surface area contributed by atoms with Gasteiger partial charge in [0.1, 0.15) is 17.8 Å². The van der Waals surface area contributed by atoms with Crippen LogP contribution < -0.4 is 10.2 Å². The highest BCUT2D eigenvalue weighted by atomic mass is 19.1. The molecule has 156 valence electrons. The van der Waals surface area contributed by atoms with Crippen molar-refractivity contribution in [1.29, 1.82) is 0 Å². The van der Waals surface area contributed by atoms with Crippen LogP contribution in [0.3, 0.4) is 0 Å². The average molecular weight is 412 g/mol. The van der Waals surface area contributed by atoms with E-state index in [1.54, 1.807) is 29.2 Å². The van der Waals surface area contributed by atoms with E-state index in [1.165, 1.54) is 18.5 Å². The van der Waals surface area contributed by atoms with Gasteiger partial charge in [-0.15, -0.1) is 0 Å². The van der Waals surface area contributed by atoms with Crippen LogP contribution in [0.25, 0.3) is 5.82 Å². The molecular weight excluding hydrogens is 390 g/mol. The van der Waals surface area contributed by atoms with E-state index in [1.807, 2.05) is 18.0 Å². The van der Waals surface area contributed by atoms with Gasteiger partial charge in [-0.1, -0.05) is 12.1 Å². The zero-order valence-electron chi connectivity index (χ0n) is 16.6. The van der Waals surface area contributed by atoms with Crippen molar-refractivity contribution < 1.29 is 13.6 Å². The smallest absolute Gasteiger partial charge is 0.258 e. The van der Waals surface area contributed by atoms with Gasteiger partial charge in [0.25, 0.3) is 5.91 Å². The molecule has 3 aromatic rings. The standard InChI is InChI=1S/C21H22F2N6O/c1-15-10-27-29(13-15)19-18(12-24-14-26-19)28-8-6-21(23,7-9-28)20(30)25-11-16-2-4-17(22)5-3-16/h2-5,10,12-14H,6-9,11H2,1H3,(H,25,30). The van der Waals surface area contributed by atoms with Crippen molar-refractivity contribution in [3.63, 3.8) is 0 Å². The van der Waals surface area contributed by atoms with Crippen LogP contribution >= 0.6 is 0 Å². The summed E-state index contributed by atoms with van der Waals surface area (Å²) in [5, 5.41) is 6.92. The van der Waals surface area contributed by atoms with E-state index in [4.69, 9.17) is 0 Å². The fraction of sp³-hybridized carbons (Fsp3) is 0.333. The molecule has 30 heavy (non-hydrogen) atoms. The van der Waals surface area contributed by atoms with Crippen molar-refractivity contribution >= 4 is 11.6 Å². The number of carbonyl (C=O) groups excluding carboxylic acids is 1. The second kappa shape index (κ2) is 8.17. The number of aryl methyl sites for hydroxylation is 1. The third kappa shape index (κ3) is 4.14. The number of hydrogen-bond donors (Lipinski definition) is 1. The molecule has 0 aliphatic carbocycles. The van der Waals surface area contributed by atoms with Crippen molar-refractivity contribution in [3.8, 4) is 5.82 Å². The molecule has 7 nitrogen and oxygen atoms in total. The number of halogens is 2. The molecular formula is C21H22F2N6O. The lowest BCUT2D eigenvalue weighted by atomic mass is 9.92. The predicted molar refractivity (Wildman–Crippen MR) is 107 cm³/mol. The Labute approximate surface area is 172 Å². The number of anilines is 1. The summed E-state index contributed by atoms with van der Waals surface area (Å²) in [7, 11) is 0. The highest BCUT2D eigenvalue weighted by Gasteiger charge is 2.42. The summed E-state index contributed by atoms with van der Waals surface area (Å²) in [6.45, 7) is 2.79. The molecule has 0 saturated carbocycles. The van der Waals surface area contributed by atoms with Gasteiger partial charge >= 0.3 is 0 Å². The number of amides is 1. The maximum atomic E-state index is 15.3. The van der Waals surface area contributed by atoms with Crippen LogP contribution in [0.2, 0.25) is 0 Å². The minimum Gasteiger partial charge on any atom is -0.367 e. The van der Waals surface area contributed by atoms with Gasteiger partial charge in [-0.2, -0.15) is 5.10 Å². The van der Waals surface area contributed by atoms with Crippen molar-refractivity contribution in [2.75, 3.05) is 18.0 Å². The van der Waals surface area contributed by atoms with Gasteiger partial charge < -0.3 is 10.2 Å². The number of nitrogens with one attached hydrogen (secondary N) is 1. The molecule has 3 heterocycles. The number of alkyl halides is 1. The summed E-state index contributed by atoms with van der Waals surface area (Å²) < 4.78 is 30.0. The lowest BCUT2D eigenvalue weighted by Gasteiger charge is -2.36.